The van der Waals surface area contributed by atoms with E-state index in [0.29, 0.717) is 0 Å². The van der Waals surface area contributed by atoms with Crippen LogP contribution in [0.3, 0.4) is 0 Å². The van der Waals surface area contributed by atoms with Gasteiger partial charge in [0.2, 0.25) is 0 Å². The van der Waals surface area contributed by atoms with Gasteiger partial charge in [-0.1, -0.05) is 0 Å². The zero-order valence-corrected chi connectivity index (χ0v) is 35.4. The Bertz CT molecular complexity index is 1060. The number of rotatable bonds is 9. The molecule has 0 amide bonds. The molecule has 0 aliphatic heterocycles. The van der Waals surface area contributed by atoms with Gasteiger partial charge in [0.05, 0.1) is 0 Å². The summed E-state index contributed by atoms with van der Waals surface area (Å²) in [4.78, 5) is 0. The third kappa shape index (κ3) is 8.47. The second-order valence-corrected chi connectivity index (χ2v) is 37.2. The Morgan fingerprint density at radius 2 is 0.511 bits per heavy atom. The van der Waals surface area contributed by atoms with Gasteiger partial charge in [0.15, 0.2) is 0 Å². The second-order valence-electron chi connectivity index (χ2n) is 14.5. The molecular formula is C42H57Sb3. The van der Waals surface area contributed by atoms with Crippen molar-refractivity contribution in [2.24, 2.45) is 0 Å². The van der Waals surface area contributed by atoms with E-state index in [1.807, 2.05) is 10.5 Å². The number of hydrogen-bond donors (Lipinski definition) is 0. The van der Waals surface area contributed by atoms with Crippen LogP contribution in [0.25, 0.3) is 0 Å². The van der Waals surface area contributed by atoms with Crippen LogP contribution in [-0.4, -0.2) is 60.6 Å². The molecule has 0 N–H and O–H groups in total. The Morgan fingerprint density at radius 1 is 0.311 bits per heavy atom. The van der Waals surface area contributed by atoms with Crippen molar-refractivity contribution in [2.45, 2.75) is 139 Å². The first-order valence-electron chi connectivity index (χ1n) is 18.9. The van der Waals surface area contributed by atoms with Crippen molar-refractivity contribution in [1.29, 1.82) is 0 Å². The fourth-order valence-corrected chi connectivity index (χ4v) is 40.6. The summed E-state index contributed by atoms with van der Waals surface area (Å²) in [6, 6.07) is 8.95. The summed E-state index contributed by atoms with van der Waals surface area (Å²) in [6.07, 6.45) is 57.2. The third-order valence-corrected chi connectivity index (χ3v) is 38.2. The summed E-state index contributed by atoms with van der Waals surface area (Å²) in [6.45, 7) is 0. The monoisotopic (exact) mass is 924 g/mol. The predicted octanol–water partition coefficient (Wildman–Crippen LogP) is 10.5. The molecule has 0 spiro atoms. The van der Waals surface area contributed by atoms with Gasteiger partial charge in [-0.25, -0.2) is 0 Å². The van der Waals surface area contributed by atoms with Gasteiger partial charge < -0.3 is 0 Å². The first-order valence-corrected chi connectivity index (χ1v) is 31.5. The minimum atomic E-state index is -1.86. The van der Waals surface area contributed by atoms with Crippen molar-refractivity contribution in [1.82, 2.24) is 0 Å². The fourth-order valence-electron chi connectivity index (χ4n) is 9.07. The minimum absolute atomic E-state index is 0.891. The van der Waals surface area contributed by atoms with Gasteiger partial charge >= 0.3 is 301 Å². The van der Waals surface area contributed by atoms with Gasteiger partial charge in [0, 0.05) is 0 Å². The van der Waals surface area contributed by atoms with Crippen LogP contribution in [0.15, 0.2) is 91.1 Å². The van der Waals surface area contributed by atoms with E-state index < -0.39 is 60.6 Å². The molecule has 6 unspecified atom stereocenters. The molecule has 7 rings (SSSR count). The van der Waals surface area contributed by atoms with Crippen LogP contribution in [0.5, 0.6) is 0 Å². The molecule has 1 aromatic carbocycles. The standard InChI is InChI=1S/6C6H9.C6H3.3Sb/c7*1-2-4-6-5-3-1;;;/h6*1-3H,4-6H2;1,4-5H;;;. The van der Waals surface area contributed by atoms with Crippen LogP contribution in [0.4, 0.5) is 0 Å². The van der Waals surface area contributed by atoms with E-state index in [1.165, 1.54) is 116 Å². The third-order valence-electron chi connectivity index (χ3n) is 11.3. The van der Waals surface area contributed by atoms with E-state index in [0.717, 1.165) is 23.2 Å². The van der Waals surface area contributed by atoms with Crippen LogP contribution < -0.4 is 10.5 Å². The van der Waals surface area contributed by atoms with Gasteiger partial charge in [0.1, 0.15) is 0 Å². The zero-order chi connectivity index (χ0) is 30.3. The maximum absolute atomic E-state index is 2.98. The Kier molecular flexibility index (Phi) is 12.8. The summed E-state index contributed by atoms with van der Waals surface area (Å²) in [5, 5.41) is 0. The molecule has 0 aromatic heterocycles. The normalized spacial score (nSPS) is 31.8. The molecule has 6 atom stereocenters. The van der Waals surface area contributed by atoms with Gasteiger partial charge in [-0.05, 0) is 0 Å². The molecule has 0 nitrogen and oxygen atoms in total. The first kappa shape index (κ1) is 33.6. The summed E-state index contributed by atoms with van der Waals surface area (Å²) in [7, 11) is 0. The van der Waals surface area contributed by atoms with Crippen molar-refractivity contribution in [3.8, 4) is 0 Å². The molecule has 45 heavy (non-hydrogen) atoms. The van der Waals surface area contributed by atoms with Crippen molar-refractivity contribution < 1.29 is 0 Å². The number of allylic oxidation sites excluding steroid dienone is 12. The average molecular weight is 927 g/mol. The Hall–Kier alpha value is 0.115. The van der Waals surface area contributed by atoms with Crippen molar-refractivity contribution in [3.63, 3.8) is 0 Å². The van der Waals surface area contributed by atoms with Crippen molar-refractivity contribution in [3.05, 3.63) is 91.1 Å². The Labute approximate surface area is 297 Å². The van der Waals surface area contributed by atoms with Crippen LogP contribution >= 0.6 is 0 Å². The molecule has 0 bridgehead atoms. The number of benzene rings is 1. The molecule has 6 aliphatic carbocycles. The van der Waals surface area contributed by atoms with E-state index in [2.05, 4.69) is 91.1 Å². The van der Waals surface area contributed by atoms with Gasteiger partial charge in [-0.2, -0.15) is 0 Å². The fraction of sp³-hybridized carbons (Fsp3) is 0.571. The van der Waals surface area contributed by atoms with Gasteiger partial charge in [-0.15, -0.1) is 0 Å². The molecule has 0 fully saturated rings. The molecule has 240 valence electrons. The van der Waals surface area contributed by atoms with Crippen LogP contribution in [0.2, 0.25) is 23.2 Å². The van der Waals surface area contributed by atoms with E-state index in [-0.39, 0.29) is 0 Å². The molecule has 0 saturated carbocycles. The van der Waals surface area contributed by atoms with E-state index in [1.54, 1.807) is 0 Å². The summed E-state index contributed by atoms with van der Waals surface area (Å²) < 4.78 is 11.2. The van der Waals surface area contributed by atoms with E-state index >= 15 is 0 Å². The molecule has 1 aromatic rings. The van der Waals surface area contributed by atoms with Gasteiger partial charge in [-0.3, -0.25) is 0 Å². The quantitative estimate of drug-likeness (QED) is 0.171. The molecule has 6 aliphatic rings. The molecular weight excluding hydrogens is 870 g/mol. The van der Waals surface area contributed by atoms with Gasteiger partial charge in [0.25, 0.3) is 0 Å². The second kappa shape index (κ2) is 17.2. The molecule has 3 heteroatoms. The topological polar surface area (TPSA) is 0 Å². The number of hydrogen-bond acceptors (Lipinski definition) is 0. The van der Waals surface area contributed by atoms with E-state index in [9.17, 15) is 0 Å². The van der Waals surface area contributed by atoms with Crippen LogP contribution in [-0.2, 0) is 0 Å². The summed E-state index contributed by atoms with van der Waals surface area (Å²) in [5.74, 6) is 0. The molecule has 0 radical (unpaired) electrons. The van der Waals surface area contributed by atoms with Crippen molar-refractivity contribution in [2.75, 3.05) is 0 Å². The first-order chi connectivity index (χ1) is 22.3. The molecule has 0 saturated heterocycles. The summed E-state index contributed by atoms with van der Waals surface area (Å²) in [5.41, 5.74) is 0. The zero-order valence-electron chi connectivity index (χ0n) is 27.7. The maximum atomic E-state index is 2.98. The Balaban J connectivity index is 1.40. The van der Waals surface area contributed by atoms with Crippen LogP contribution in [0.1, 0.15) is 116 Å². The average Bonchev–Trinajstić information content (AvgIpc) is 3.12. The Morgan fingerprint density at radius 3 is 0.667 bits per heavy atom. The van der Waals surface area contributed by atoms with Crippen molar-refractivity contribution >= 4 is 71.2 Å². The SMILES string of the molecule is C1=C[CH]([Sb]([c]2c[c]([Sb]([CH]3C=CCCC3)[CH]3C=CCCC3)c[c]([Sb]([CH]3C=CCCC3)[CH]3C=CCCC3)c2)[CH]2C=CCCC2)CCC1. The summed E-state index contributed by atoms with van der Waals surface area (Å²) >= 11 is -5.59. The van der Waals surface area contributed by atoms with E-state index in [4.69, 9.17) is 0 Å². The molecule has 0 heterocycles. The van der Waals surface area contributed by atoms with Crippen LogP contribution in [0, 0.1) is 0 Å². The predicted molar refractivity (Wildman–Crippen MR) is 203 cm³/mol.